The molecular weight excluding hydrogens is 124 g/mol. The predicted molar refractivity (Wildman–Crippen MR) is 42.8 cm³/mol. The third kappa shape index (κ3) is 1.72. The second-order valence-corrected chi connectivity index (χ2v) is 3.76. The molecule has 0 unspecified atom stereocenters. The minimum atomic E-state index is -0.00579. The highest BCUT2D eigenvalue weighted by atomic mass is 16.3. The van der Waals surface area contributed by atoms with Gasteiger partial charge >= 0.3 is 0 Å². The highest BCUT2D eigenvalue weighted by Gasteiger charge is 2.24. The Morgan fingerprint density at radius 1 is 1.20 bits per heavy atom. The first-order valence-electron chi connectivity index (χ1n) is 4.40. The third-order valence-electron chi connectivity index (χ3n) is 2.64. The Hall–Kier alpha value is -0.0400. The SMILES string of the molecule is CC(C)[C@@H]1CCCC[C@@H]1O. The average Bonchev–Trinajstić information content (AvgIpc) is 1.88. The average molecular weight is 142 g/mol. The molecule has 1 rings (SSSR count). The van der Waals surface area contributed by atoms with E-state index in [4.69, 9.17) is 0 Å². The number of aliphatic hydroxyl groups is 1. The van der Waals surface area contributed by atoms with E-state index in [1.54, 1.807) is 0 Å². The molecule has 0 aliphatic heterocycles. The van der Waals surface area contributed by atoms with Crippen LogP contribution in [0, 0.1) is 11.8 Å². The summed E-state index contributed by atoms with van der Waals surface area (Å²) in [6.07, 6.45) is 4.81. The number of hydrogen-bond acceptors (Lipinski definition) is 1. The van der Waals surface area contributed by atoms with E-state index in [0.717, 1.165) is 6.42 Å². The fraction of sp³-hybridized carbons (Fsp3) is 1.00. The Morgan fingerprint density at radius 3 is 2.20 bits per heavy atom. The Balaban J connectivity index is 2.40. The molecular formula is C9H18O. The fourth-order valence-electron chi connectivity index (χ4n) is 1.92. The van der Waals surface area contributed by atoms with E-state index in [0.29, 0.717) is 11.8 Å². The lowest BCUT2D eigenvalue weighted by atomic mass is 9.79. The van der Waals surface area contributed by atoms with E-state index < -0.39 is 0 Å². The van der Waals surface area contributed by atoms with Gasteiger partial charge in [0.2, 0.25) is 0 Å². The van der Waals surface area contributed by atoms with Crippen molar-refractivity contribution in [2.45, 2.75) is 45.6 Å². The normalized spacial score (nSPS) is 34.8. The van der Waals surface area contributed by atoms with Crippen molar-refractivity contribution in [1.82, 2.24) is 0 Å². The van der Waals surface area contributed by atoms with Crippen LogP contribution >= 0.6 is 0 Å². The topological polar surface area (TPSA) is 20.2 Å². The van der Waals surface area contributed by atoms with Crippen molar-refractivity contribution in [1.29, 1.82) is 0 Å². The van der Waals surface area contributed by atoms with E-state index in [-0.39, 0.29) is 6.10 Å². The Bertz CT molecular complexity index is 98.9. The van der Waals surface area contributed by atoms with E-state index in [9.17, 15) is 5.11 Å². The molecule has 0 aromatic rings. The van der Waals surface area contributed by atoms with E-state index in [1.165, 1.54) is 19.3 Å². The van der Waals surface area contributed by atoms with Gasteiger partial charge in [-0.05, 0) is 24.7 Å². The molecule has 1 aliphatic rings. The maximum Gasteiger partial charge on any atom is 0.0570 e. The lowest BCUT2D eigenvalue weighted by Crippen LogP contribution is -2.28. The van der Waals surface area contributed by atoms with Crippen LogP contribution in [0.4, 0.5) is 0 Å². The van der Waals surface area contributed by atoms with Gasteiger partial charge in [-0.25, -0.2) is 0 Å². The summed E-state index contributed by atoms with van der Waals surface area (Å²) in [7, 11) is 0. The Labute approximate surface area is 63.4 Å². The second kappa shape index (κ2) is 3.38. The van der Waals surface area contributed by atoms with Crippen molar-refractivity contribution in [3.63, 3.8) is 0 Å². The number of aliphatic hydroxyl groups excluding tert-OH is 1. The van der Waals surface area contributed by atoms with Crippen molar-refractivity contribution in [3.05, 3.63) is 0 Å². The van der Waals surface area contributed by atoms with Crippen LogP contribution < -0.4 is 0 Å². The second-order valence-electron chi connectivity index (χ2n) is 3.76. The molecule has 0 aromatic carbocycles. The summed E-state index contributed by atoms with van der Waals surface area (Å²) < 4.78 is 0. The van der Waals surface area contributed by atoms with Crippen LogP contribution in [0.5, 0.6) is 0 Å². The minimum Gasteiger partial charge on any atom is -0.393 e. The van der Waals surface area contributed by atoms with Crippen LogP contribution in [0.15, 0.2) is 0 Å². The summed E-state index contributed by atoms with van der Waals surface area (Å²) in [6, 6.07) is 0. The monoisotopic (exact) mass is 142 g/mol. The van der Waals surface area contributed by atoms with E-state index in [1.807, 2.05) is 0 Å². The van der Waals surface area contributed by atoms with Crippen molar-refractivity contribution in [2.24, 2.45) is 11.8 Å². The van der Waals surface area contributed by atoms with Crippen LogP contribution in [0.25, 0.3) is 0 Å². The van der Waals surface area contributed by atoms with Crippen LogP contribution in [-0.4, -0.2) is 11.2 Å². The third-order valence-corrected chi connectivity index (χ3v) is 2.64. The first-order valence-corrected chi connectivity index (χ1v) is 4.40. The highest BCUT2D eigenvalue weighted by Crippen LogP contribution is 2.29. The molecule has 2 atom stereocenters. The minimum absolute atomic E-state index is 0.00579. The maximum absolute atomic E-state index is 9.54. The molecule has 1 aliphatic carbocycles. The first kappa shape index (κ1) is 8.06. The first-order chi connectivity index (χ1) is 4.72. The predicted octanol–water partition coefficient (Wildman–Crippen LogP) is 2.19. The smallest absolute Gasteiger partial charge is 0.0570 e. The molecule has 1 N–H and O–H groups in total. The molecule has 0 saturated heterocycles. The van der Waals surface area contributed by atoms with Gasteiger partial charge in [-0.3, -0.25) is 0 Å². The van der Waals surface area contributed by atoms with Crippen LogP contribution in [-0.2, 0) is 0 Å². The van der Waals surface area contributed by atoms with Crippen LogP contribution in [0.1, 0.15) is 39.5 Å². The van der Waals surface area contributed by atoms with Gasteiger partial charge in [0.25, 0.3) is 0 Å². The van der Waals surface area contributed by atoms with Gasteiger partial charge in [-0.2, -0.15) is 0 Å². The lowest BCUT2D eigenvalue weighted by Gasteiger charge is -2.30. The zero-order valence-electron chi connectivity index (χ0n) is 7.01. The van der Waals surface area contributed by atoms with Gasteiger partial charge in [-0.15, -0.1) is 0 Å². The summed E-state index contributed by atoms with van der Waals surface area (Å²) in [5, 5.41) is 9.54. The van der Waals surface area contributed by atoms with Gasteiger partial charge in [-0.1, -0.05) is 26.7 Å². The van der Waals surface area contributed by atoms with E-state index in [2.05, 4.69) is 13.8 Å². The zero-order valence-corrected chi connectivity index (χ0v) is 7.01. The Morgan fingerprint density at radius 2 is 1.80 bits per heavy atom. The zero-order chi connectivity index (χ0) is 7.56. The molecule has 1 heteroatoms. The van der Waals surface area contributed by atoms with E-state index >= 15 is 0 Å². The van der Waals surface area contributed by atoms with Crippen molar-refractivity contribution < 1.29 is 5.11 Å². The highest BCUT2D eigenvalue weighted by molar-refractivity contribution is 4.76. The van der Waals surface area contributed by atoms with Crippen LogP contribution in [0.3, 0.4) is 0 Å². The largest absolute Gasteiger partial charge is 0.393 e. The van der Waals surface area contributed by atoms with Gasteiger partial charge in [0, 0.05) is 0 Å². The van der Waals surface area contributed by atoms with Gasteiger partial charge in [0.1, 0.15) is 0 Å². The standard InChI is InChI=1S/C9H18O/c1-7(2)8-5-3-4-6-9(8)10/h7-10H,3-6H2,1-2H3/t8-,9-/m0/s1. The summed E-state index contributed by atoms with van der Waals surface area (Å²) in [5.41, 5.74) is 0. The van der Waals surface area contributed by atoms with Gasteiger partial charge in [0.05, 0.1) is 6.10 Å². The molecule has 0 spiro atoms. The molecule has 60 valence electrons. The van der Waals surface area contributed by atoms with Crippen molar-refractivity contribution >= 4 is 0 Å². The Kier molecular flexibility index (Phi) is 2.72. The van der Waals surface area contributed by atoms with Crippen molar-refractivity contribution in [2.75, 3.05) is 0 Å². The lowest BCUT2D eigenvalue weighted by molar-refractivity contribution is 0.0456. The quantitative estimate of drug-likeness (QED) is 0.595. The van der Waals surface area contributed by atoms with Gasteiger partial charge in [0.15, 0.2) is 0 Å². The molecule has 1 fully saturated rings. The fourth-order valence-corrected chi connectivity index (χ4v) is 1.92. The summed E-state index contributed by atoms with van der Waals surface area (Å²) in [4.78, 5) is 0. The maximum atomic E-state index is 9.54. The molecule has 10 heavy (non-hydrogen) atoms. The van der Waals surface area contributed by atoms with Crippen molar-refractivity contribution in [3.8, 4) is 0 Å². The molecule has 0 amide bonds. The molecule has 0 aromatic heterocycles. The summed E-state index contributed by atoms with van der Waals surface area (Å²) in [6.45, 7) is 4.42. The number of rotatable bonds is 1. The molecule has 0 heterocycles. The molecule has 0 radical (unpaired) electrons. The number of hydrogen-bond donors (Lipinski definition) is 1. The summed E-state index contributed by atoms with van der Waals surface area (Å²) in [5.74, 6) is 1.24. The summed E-state index contributed by atoms with van der Waals surface area (Å²) >= 11 is 0. The van der Waals surface area contributed by atoms with Gasteiger partial charge < -0.3 is 5.11 Å². The van der Waals surface area contributed by atoms with Crippen LogP contribution in [0.2, 0.25) is 0 Å². The molecule has 1 nitrogen and oxygen atoms in total. The molecule has 0 bridgehead atoms. The molecule has 1 saturated carbocycles.